The van der Waals surface area contributed by atoms with Gasteiger partial charge < -0.3 is 24.3 Å². The molecule has 0 radical (unpaired) electrons. The minimum Gasteiger partial charge on any atom is -0.490 e. The molecule has 0 aliphatic carbocycles. The number of nitrogens with one attached hydrogen (secondary N) is 1. The Morgan fingerprint density at radius 2 is 2.00 bits per heavy atom. The third-order valence-electron chi connectivity index (χ3n) is 3.60. The molecule has 0 spiro atoms. The molecule has 0 bridgehead atoms. The van der Waals surface area contributed by atoms with Gasteiger partial charge in [0.2, 0.25) is 5.89 Å². The van der Waals surface area contributed by atoms with Gasteiger partial charge in [-0.2, -0.15) is 0 Å². The van der Waals surface area contributed by atoms with E-state index in [9.17, 15) is 24.8 Å². The van der Waals surface area contributed by atoms with Crippen LogP contribution >= 0.6 is 0 Å². The van der Waals surface area contributed by atoms with E-state index in [-0.39, 0.29) is 28.7 Å². The Kier molecular flexibility index (Phi) is 6.10. The van der Waals surface area contributed by atoms with Gasteiger partial charge in [0.15, 0.2) is 17.2 Å². The summed E-state index contributed by atoms with van der Waals surface area (Å²) in [6, 6.07) is 3.07. The molecule has 1 aromatic carbocycles. The molecule has 1 amide bonds. The summed E-state index contributed by atoms with van der Waals surface area (Å²) in [4.78, 5) is 38.0. The van der Waals surface area contributed by atoms with Gasteiger partial charge in [0.05, 0.1) is 18.1 Å². The second kappa shape index (κ2) is 8.17. The number of rotatable bonds is 6. The van der Waals surface area contributed by atoms with Gasteiger partial charge in [-0.25, -0.2) is 14.6 Å². The van der Waals surface area contributed by atoms with E-state index >= 15 is 0 Å². The monoisotopic (exact) mass is 407 g/mol. The lowest BCUT2D eigenvalue weighted by Gasteiger charge is -2.21. The summed E-state index contributed by atoms with van der Waals surface area (Å²) in [5, 5.41) is 23.1. The maximum Gasteiger partial charge on any atom is 0.408 e. The van der Waals surface area contributed by atoms with Crippen LogP contribution < -0.4 is 10.1 Å². The molecule has 2 N–H and O–H groups in total. The topological polar surface area (TPSA) is 154 Å². The van der Waals surface area contributed by atoms with Crippen LogP contribution in [-0.4, -0.2) is 39.8 Å². The van der Waals surface area contributed by atoms with Crippen molar-refractivity contribution in [2.75, 3.05) is 7.11 Å². The number of aromatic nitrogens is 1. The molecule has 2 aromatic rings. The van der Waals surface area contributed by atoms with E-state index in [0.29, 0.717) is 0 Å². The highest BCUT2D eigenvalue weighted by molar-refractivity contribution is 5.87. The maximum atomic E-state index is 12.0. The molecule has 0 aliphatic rings. The Morgan fingerprint density at radius 1 is 1.34 bits per heavy atom. The number of benzene rings is 1. The standard InChI is InChI=1S/C18H21N3O8/c1-9(19-17(24)29-18(2,3)4)14-13(16(22)23)20-15(28-14)10-6-7-12(27-5)11(8-10)21(25)26/h6-9H,1-5H3,(H,19,24)(H,22,23)/t9-/m0/s1. The third kappa shape index (κ3) is 5.21. The maximum absolute atomic E-state index is 12.0. The lowest BCUT2D eigenvalue weighted by Crippen LogP contribution is -2.34. The molecule has 156 valence electrons. The molecular formula is C18H21N3O8. The number of alkyl carbamates (subject to hydrolysis) is 1. The van der Waals surface area contributed by atoms with E-state index < -0.39 is 34.3 Å². The predicted octanol–water partition coefficient (Wildman–Crippen LogP) is 3.54. The van der Waals surface area contributed by atoms with Gasteiger partial charge in [-0.05, 0) is 39.8 Å². The average Bonchev–Trinajstić information content (AvgIpc) is 3.05. The second-order valence-corrected chi connectivity index (χ2v) is 7.05. The van der Waals surface area contributed by atoms with Crippen LogP contribution in [0, 0.1) is 10.1 Å². The van der Waals surface area contributed by atoms with Gasteiger partial charge in [0, 0.05) is 11.6 Å². The van der Waals surface area contributed by atoms with E-state index in [4.69, 9.17) is 13.9 Å². The first-order valence-corrected chi connectivity index (χ1v) is 8.49. The molecule has 0 fully saturated rings. The van der Waals surface area contributed by atoms with Crippen LogP contribution in [0.15, 0.2) is 22.6 Å². The zero-order chi connectivity index (χ0) is 21.9. The SMILES string of the molecule is COc1ccc(-c2nc(C(=O)O)c([C@H](C)NC(=O)OC(C)(C)C)o2)cc1[N+](=O)[O-]. The summed E-state index contributed by atoms with van der Waals surface area (Å²) in [5.41, 5.74) is -1.33. The highest BCUT2D eigenvalue weighted by Crippen LogP contribution is 2.33. The van der Waals surface area contributed by atoms with Crippen LogP contribution in [0.1, 0.15) is 50.0 Å². The average molecular weight is 407 g/mol. The normalized spacial score (nSPS) is 12.2. The van der Waals surface area contributed by atoms with Crippen molar-refractivity contribution in [1.29, 1.82) is 0 Å². The number of nitro groups is 1. The number of oxazole rings is 1. The van der Waals surface area contributed by atoms with Crippen molar-refractivity contribution in [3.05, 3.63) is 39.8 Å². The molecule has 2 rings (SSSR count). The number of amides is 1. The van der Waals surface area contributed by atoms with Crippen LogP contribution in [0.3, 0.4) is 0 Å². The van der Waals surface area contributed by atoms with Gasteiger partial charge in [0.25, 0.3) is 0 Å². The lowest BCUT2D eigenvalue weighted by atomic mass is 10.2. The number of aromatic carboxylic acids is 1. The molecule has 0 aliphatic heterocycles. The molecule has 0 saturated carbocycles. The number of carbonyl (C=O) groups excluding carboxylic acids is 1. The first kappa shape index (κ1) is 21.7. The number of methoxy groups -OCH3 is 1. The first-order chi connectivity index (χ1) is 13.4. The number of ether oxygens (including phenoxy) is 2. The second-order valence-electron chi connectivity index (χ2n) is 7.05. The number of nitrogens with zero attached hydrogens (tertiary/aromatic N) is 2. The zero-order valence-corrected chi connectivity index (χ0v) is 16.5. The number of carbonyl (C=O) groups is 2. The van der Waals surface area contributed by atoms with Crippen LogP contribution in [0.5, 0.6) is 5.75 Å². The van der Waals surface area contributed by atoms with E-state index in [1.54, 1.807) is 20.8 Å². The van der Waals surface area contributed by atoms with Crippen molar-refractivity contribution in [3.63, 3.8) is 0 Å². The summed E-state index contributed by atoms with van der Waals surface area (Å²) >= 11 is 0. The fourth-order valence-corrected chi connectivity index (χ4v) is 2.42. The molecule has 29 heavy (non-hydrogen) atoms. The minimum absolute atomic E-state index is 0.0314. The van der Waals surface area contributed by atoms with Crippen molar-refractivity contribution < 1.29 is 33.5 Å². The molecule has 1 aromatic heterocycles. The van der Waals surface area contributed by atoms with Crippen LogP contribution in [-0.2, 0) is 4.74 Å². The number of hydrogen-bond donors (Lipinski definition) is 2. The molecule has 11 heteroatoms. The van der Waals surface area contributed by atoms with Gasteiger partial charge in [-0.1, -0.05) is 0 Å². The molecule has 0 unspecified atom stereocenters. The van der Waals surface area contributed by atoms with Crippen molar-refractivity contribution >= 4 is 17.7 Å². The summed E-state index contributed by atoms with van der Waals surface area (Å²) in [6.45, 7) is 6.55. The van der Waals surface area contributed by atoms with E-state index in [1.165, 1.54) is 26.2 Å². The predicted molar refractivity (Wildman–Crippen MR) is 99.9 cm³/mol. The fourth-order valence-electron chi connectivity index (χ4n) is 2.42. The number of nitro benzene ring substituents is 1. The third-order valence-corrected chi connectivity index (χ3v) is 3.60. The van der Waals surface area contributed by atoms with Crippen molar-refractivity contribution in [3.8, 4) is 17.2 Å². The van der Waals surface area contributed by atoms with Crippen molar-refractivity contribution in [2.45, 2.75) is 39.3 Å². The summed E-state index contributed by atoms with van der Waals surface area (Å²) in [6.07, 6.45) is -0.764. The molecule has 1 atom stereocenters. The highest BCUT2D eigenvalue weighted by atomic mass is 16.6. The van der Waals surface area contributed by atoms with Crippen molar-refractivity contribution in [1.82, 2.24) is 10.3 Å². The zero-order valence-electron chi connectivity index (χ0n) is 16.5. The summed E-state index contributed by atoms with van der Waals surface area (Å²) < 4.78 is 15.6. The number of hydrogen-bond acceptors (Lipinski definition) is 8. The Morgan fingerprint density at radius 3 is 2.52 bits per heavy atom. The minimum atomic E-state index is -1.38. The lowest BCUT2D eigenvalue weighted by molar-refractivity contribution is -0.385. The van der Waals surface area contributed by atoms with Crippen LogP contribution in [0.2, 0.25) is 0 Å². The number of carboxylic acid groups (broad SMARTS) is 1. The highest BCUT2D eigenvalue weighted by Gasteiger charge is 2.28. The quantitative estimate of drug-likeness (QED) is 0.540. The summed E-state index contributed by atoms with van der Waals surface area (Å²) in [7, 11) is 1.29. The number of carboxylic acids is 1. The largest absolute Gasteiger partial charge is 0.490 e. The van der Waals surface area contributed by atoms with E-state index in [1.807, 2.05) is 0 Å². The van der Waals surface area contributed by atoms with Gasteiger partial charge in [-0.3, -0.25) is 10.1 Å². The first-order valence-electron chi connectivity index (χ1n) is 8.49. The molecule has 11 nitrogen and oxygen atoms in total. The van der Waals surface area contributed by atoms with Crippen LogP contribution in [0.25, 0.3) is 11.5 Å². The van der Waals surface area contributed by atoms with Crippen molar-refractivity contribution in [2.24, 2.45) is 0 Å². The smallest absolute Gasteiger partial charge is 0.408 e. The van der Waals surface area contributed by atoms with Gasteiger partial charge in [-0.15, -0.1) is 0 Å². The Bertz CT molecular complexity index is 945. The Hall–Kier alpha value is -3.63. The molecule has 0 saturated heterocycles. The van der Waals surface area contributed by atoms with E-state index in [2.05, 4.69) is 10.3 Å². The van der Waals surface area contributed by atoms with Gasteiger partial charge in [0.1, 0.15) is 5.60 Å². The van der Waals surface area contributed by atoms with E-state index in [0.717, 1.165) is 6.07 Å². The molecule has 1 heterocycles. The Labute approximate surface area is 165 Å². The Balaban J connectivity index is 2.40. The van der Waals surface area contributed by atoms with Gasteiger partial charge >= 0.3 is 17.7 Å². The fraction of sp³-hybridized carbons (Fsp3) is 0.389. The molecular weight excluding hydrogens is 386 g/mol. The van der Waals surface area contributed by atoms with Crippen LogP contribution in [0.4, 0.5) is 10.5 Å². The summed E-state index contributed by atoms with van der Waals surface area (Å²) in [5.74, 6) is -1.63.